The fraction of sp³-hybridized carbons (Fsp3) is 0.452. The maximum Gasteiger partial charge on any atom is 0.159 e. The number of hydrogen-bond acceptors (Lipinski definition) is 4. The zero-order chi connectivity index (χ0) is 25.8. The van der Waals surface area contributed by atoms with Crippen molar-refractivity contribution in [1.29, 1.82) is 0 Å². The Labute approximate surface area is 214 Å². The Kier molecular flexibility index (Phi) is 5.93. The molecule has 0 amide bonds. The molecule has 0 saturated heterocycles. The Balaban J connectivity index is 1.79. The van der Waals surface area contributed by atoms with Crippen LogP contribution in [0.4, 0.5) is 5.82 Å². The summed E-state index contributed by atoms with van der Waals surface area (Å²) >= 11 is 0. The first-order valence-electron chi connectivity index (χ1n) is 13.0. The van der Waals surface area contributed by atoms with Gasteiger partial charge in [0.05, 0.1) is 23.9 Å². The number of hydrogen-bond donors (Lipinski definition) is 0. The van der Waals surface area contributed by atoms with E-state index in [-0.39, 0.29) is 28.4 Å². The van der Waals surface area contributed by atoms with Gasteiger partial charge in [-0.2, -0.15) is 5.10 Å². The molecule has 188 valence electrons. The van der Waals surface area contributed by atoms with Crippen LogP contribution >= 0.6 is 0 Å². The lowest BCUT2D eigenvalue weighted by molar-refractivity contribution is -0.124. The second-order valence-electron chi connectivity index (χ2n) is 12.1. The van der Waals surface area contributed by atoms with Gasteiger partial charge < -0.3 is 4.74 Å². The molecule has 2 atom stereocenters. The van der Waals surface area contributed by atoms with Crippen LogP contribution in [0.3, 0.4) is 0 Å². The molecule has 2 aliphatic rings. The number of aliphatic imine (C=N–C) groups is 1. The zero-order valence-corrected chi connectivity index (χ0v) is 22.6. The smallest absolute Gasteiger partial charge is 0.159 e. The van der Waals surface area contributed by atoms with E-state index in [0.29, 0.717) is 13.0 Å². The van der Waals surface area contributed by atoms with Crippen LogP contribution in [0, 0.1) is 18.3 Å². The molecule has 2 aromatic carbocycles. The summed E-state index contributed by atoms with van der Waals surface area (Å²) in [6.45, 7) is 15.6. The Hall–Kier alpha value is -3.21. The van der Waals surface area contributed by atoms with Crippen molar-refractivity contribution in [3.8, 4) is 11.4 Å². The zero-order valence-electron chi connectivity index (χ0n) is 22.6. The van der Waals surface area contributed by atoms with Gasteiger partial charge in [-0.15, -0.1) is 0 Å². The molecule has 1 saturated carbocycles. The molecule has 0 spiro atoms. The highest BCUT2D eigenvalue weighted by atomic mass is 16.5. The maximum absolute atomic E-state index is 13.8. The molecule has 0 radical (unpaired) electrons. The SMILES string of the molecule is CCOc1ccc(C2c3c(C(C)(C)C)nn(-c4cccc(C)c4)c3N=C3CC(C)(C)CC(=O)C32)cc1. The average molecular weight is 484 g/mol. The van der Waals surface area contributed by atoms with Crippen LogP contribution in [0.1, 0.15) is 82.7 Å². The highest BCUT2D eigenvalue weighted by Gasteiger charge is 2.48. The molecule has 3 aromatic rings. The standard InChI is InChI=1S/C31H37N3O2/c1-8-36-22-14-12-20(13-15-22)25-26-23(17-31(6,7)18-24(26)35)32-29-27(25)28(30(3,4)5)33-34(29)21-11-9-10-19(2)16-21/h9-16,25-26H,8,17-18H2,1-7H3. The third-order valence-corrected chi connectivity index (χ3v) is 7.32. The number of carbonyl (C=O) groups excluding carboxylic acids is 1. The van der Waals surface area contributed by atoms with E-state index in [1.807, 2.05) is 23.7 Å². The highest BCUT2D eigenvalue weighted by Crippen LogP contribution is 2.52. The van der Waals surface area contributed by atoms with Crippen LogP contribution in [0.25, 0.3) is 5.69 Å². The van der Waals surface area contributed by atoms with Crippen molar-refractivity contribution < 1.29 is 9.53 Å². The summed E-state index contributed by atoms with van der Waals surface area (Å²) in [5.74, 6) is 1.59. The van der Waals surface area contributed by atoms with Gasteiger partial charge in [-0.05, 0) is 61.1 Å². The lowest BCUT2D eigenvalue weighted by atomic mass is 9.63. The molecule has 2 heterocycles. The predicted molar refractivity (Wildman–Crippen MR) is 145 cm³/mol. The Morgan fingerprint density at radius 2 is 1.78 bits per heavy atom. The summed E-state index contributed by atoms with van der Waals surface area (Å²) in [4.78, 5) is 19.0. The Morgan fingerprint density at radius 3 is 2.42 bits per heavy atom. The summed E-state index contributed by atoms with van der Waals surface area (Å²) in [6.07, 6.45) is 1.37. The maximum atomic E-state index is 13.8. The lowest BCUT2D eigenvalue weighted by Gasteiger charge is -2.41. The van der Waals surface area contributed by atoms with E-state index in [1.54, 1.807) is 0 Å². The summed E-state index contributed by atoms with van der Waals surface area (Å²) < 4.78 is 7.72. The summed E-state index contributed by atoms with van der Waals surface area (Å²) in [5.41, 5.74) is 6.02. The average Bonchev–Trinajstić information content (AvgIpc) is 3.17. The molecule has 2 unspecified atom stereocenters. The summed E-state index contributed by atoms with van der Waals surface area (Å²) in [7, 11) is 0. The number of aromatic nitrogens is 2. The van der Waals surface area contributed by atoms with E-state index in [0.717, 1.165) is 46.2 Å². The first-order chi connectivity index (χ1) is 17.0. The molecule has 5 rings (SSSR count). The van der Waals surface area contributed by atoms with E-state index >= 15 is 0 Å². The summed E-state index contributed by atoms with van der Waals surface area (Å²) in [6, 6.07) is 16.7. The molecule has 36 heavy (non-hydrogen) atoms. The van der Waals surface area contributed by atoms with Gasteiger partial charge >= 0.3 is 0 Å². The Bertz CT molecular complexity index is 1340. The second-order valence-corrected chi connectivity index (χ2v) is 12.1. The minimum absolute atomic E-state index is 0.103. The van der Waals surface area contributed by atoms with Gasteiger partial charge in [-0.1, -0.05) is 58.9 Å². The number of rotatable bonds is 4. The molecule has 1 aliphatic carbocycles. The number of aryl methyl sites for hydroxylation is 1. The normalized spacial score (nSPS) is 21.0. The van der Waals surface area contributed by atoms with Crippen LogP contribution in [-0.2, 0) is 10.2 Å². The van der Waals surface area contributed by atoms with Crippen molar-refractivity contribution in [1.82, 2.24) is 9.78 Å². The van der Waals surface area contributed by atoms with Crippen LogP contribution in [0.5, 0.6) is 5.75 Å². The number of ketones is 1. The molecule has 0 N–H and O–H groups in total. The number of nitrogens with zero attached hydrogens (tertiary/aromatic N) is 3. The first-order valence-corrected chi connectivity index (χ1v) is 13.0. The van der Waals surface area contributed by atoms with Crippen molar-refractivity contribution in [2.45, 2.75) is 72.6 Å². The van der Waals surface area contributed by atoms with E-state index in [1.165, 1.54) is 5.56 Å². The van der Waals surface area contributed by atoms with Crippen molar-refractivity contribution in [3.05, 3.63) is 70.9 Å². The lowest BCUT2D eigenvalue weighted by Crippen LogP contribution is -2.42. The van der Waals surface area contributed by atoms with Gasteiger partial charge in [0, 0.05) is 29.0 Å². The molecule has 1 aromatic heterocycles. The number of ether oxygens (including phenoxy) is 1. The minimum Gasteiger partial charge on any atom is -0.494 e. The van der Waals surface area contributed by atoms with Gasteiger partial charge in [-0.25, -0.2) is 9.67 Å². The number of Topliss-reactive ketones (excluding diaryl/α,β-unsaturated/α-hetero) is 1. The fourth-order valence-electron chi connectivity index (χ4n) is 5.83. The monoisotopic (exact) mass is 483 g/mol. The first kappa shape index (κ1) is 24.5. The largest absolute Gasteiger partial charge is 0.494 e. The molecular weight excluding hydrogens is 446 g/mol. The number of fused-ring (bicyclic) bond motifs is 2. The van der Waals surface area contributed by atoms with E-state index < -0.39 is 0 Å². The van der Waals surface area contributed by atoms with Crippen LogP contribution < -0.4 is 4.74 Å². The van der Waals surface area contributed by atoms with Gasteiger partial charge in [-0.3, -0.25) is 4.79 Å². The molecule has 5 heteroatoms. The van der Waals surface area contributed by atoms with Gasteiger partial charge in [0.25, 0.3) is 0 Å². The van der Waals surface area contributed by atoms with Crippen molar-refractivity contribution in [2.24, 2.45) is 16.3 Å². The topological polar surface area (TPSA) is 56.5 Å². The van der Waals surface area contributed by atoms with E-state index in [2.05, 4.69) is 77.9 Å². The van der Waals surface area contributed by atoms with Crippen molar-refractivity contribution in [2.75, 3.05) is 6.61 Å². The number of benzene rings is 2. The van der Waals surface area contributed by atoms with Crippen molar-refractivity contribution in [3.63, 3.8) is 0 Å². The second kappa shape index (κ2) is 8.72. The highest BCUT2D eigenvalue weighted by molar-refractivity contribution is 6.11. The predicted octanol–water partition coefficient (Wildman–Crippen LogP) is 7.10. The van der Waals surface area contributed by atoms with Gasteiger partial charge in [0.2, 0.25) is 0 Å². The quantitative estimate of drug-likeness (QED) is 0.398. The number of carbonyl (C=O) groups is 1. The molecular formula is C31H37N3O2. The van der Waals surface area contributed by atoms with Gasteiger partial charge in [0.15, 0.2) is 5.82 Å². The molecule has 1 aliphatic heterocycles. The minimum atomic E-state index is -0.264. The fourth-order valence-corrected chi connectivity index (χ4v) is 5.83. The van der Waals surface area contributed by atoms with Crippen LogP contribution in [0.15, 0.2) is 53.5 Å². The Morgan fingerprint density at radius 1 is 1.06 bits per heavy atom. The van der Waals surface area contributed by atoms with E-state index in [9.17, 15) is 4.79 Å². The third-order valence-electron chi connectivity index (χ3n) is 7.32. The van der Waals surface area contributed by atoms with Crippen LogP contribution in [0.2, 0.25) is 0 Å². The van der Waals surface area contributed by atoms with Gasteiger partial charge in [0.1, 0.15) is 11.5 Å². The van der Waals surface area contributed by atoms with Crippen LogP contribution in [-0.4, -0.2) is 27.9 Å². The summed E-state index contributed by atoms with van der Waals surface area (Å²) in [5, 5.41) is 5.19. The molecule has 1 fully saturated rings. The molecule has 5 nitrogen and oxygen atoms in total. The third kappa shape index (κ3) is 4.29. The van der Waals surface area contributed by atoms with E-state index in [4.69, 9.17) is 14.8 Å². The van der Waals surface area contributed by atoms with Crippen molar-refractivity contribution >= 4 is 17.3 Å². The molecule has 0 bridgehead atoms.